The molecule has 0 fully saturated rings. The van der Waals surface area contributed by atoms with Gasteiger partial charge in [-0.2, -0.15) is 0 Å². The maximum atomic E-state index is 10.9. The standard InChI is InChI=1S/C13H25NO3.Na.H/c1-2-3-4-5-6-7-8-9-10-11-12(15)17-13(14)16;;/h2-11H2,1H3,(H2,14,16);;/q;+1;-1. The van der Waals surface area contributed by atoms with Gasteiger partial charge in [0.05, 0.1) is 0 Å². The molecule has 1 amide bonds. The van der Waals surface area contributed by atoms with E-state index < -0.39 is 12.1 Å². The van der Waals surface area contributed by atoms with Crippen LogP contribution in [0.3, 0.4) is 0 Å². The summed E-state index contributed by atoms with van der Waals surface area (Å²) in [4.78, 5) is 21.2. The van der Waals surface area contributed by atoms with E-state index in [4.69, 9.17) is 5.73 Å². The number of esters is 1. The third-order valence-electron chi connectivity index (χ3n) is 2.70. The van der Waals surface area contributed by atoms with Crippen LogP contribution >= 0.6 is 0 Å². The van der Waals surface area contributed by atoms with Crippen molar-refractivity contribution in [2.75, 3.05) is 0 Å². The Kier molecular flexibility index (Phi) is 16.9. The van der Waals surface area contributed by atoms with Crippen LogP contribution < -0.4 is 35.3 Å². The molecular weight excluding hydrogens is 241 g/mol. The van der Waals surface area contributed by atoms with Crippen LogP contribution in [-0.2, 0) is 9.53 Å². The molecule has 102 valence electrons. The van der Waals surface area contributed by atoms with Gasteiger partial charge >= 0.3 is 41.6 Å². The van der Waals surface area contributed by atoms with Crippen LogP contribution in [0.15, 0.2) is 0 Å². The fraction of sp³-hybridized carbons (Fsp3) is 0.846. The van der Waals surface area contributed by atoms with Gasteiger partial charge in [-0.25, -0.2) is 4.79 Å². The first-order valence-electron chi connectivity index (χ1n) is 6.67. The first-order valence-corrected chi connectivity index (χ1v) is 6.67. The second-order valence-corrected chi connectivity index (χ2v) is 4.37. The third kappa shape index (κ3) is 15.9. The molecule has 0 bridgehead atoms. The Labute approximate surface area is 134 Å². The Morgan fingerprint density at radius 2 is 1.39 bits per heavy atom. The van der Waals surface area contributed by atoms with Crippen molar-refractivity contribution in [2.45, 2.75) is 71.1 Å². The number of primary amides is 1. The Morgan fingerprint density at radius 3 is 1.83 bits per heavy atom. The summed E-state index contributed by atoms with van der Waals surface area (Å²) in [7, 11) is 0. The van der Waals surface area contributed by atoms with Gasteiger partial charge in [-0.3, -0.25) is 4.79 Å². The van der Waals surface area contributed by atoms with Crippen molar-refractivity contribution in [1.82, 2.24) is 0 Å². The van der Waals surface area contributed by atoms with Crippen LogP contribution in [0, 0.1) is 0 Å². The van der Waals surface area contributed by atoms with Gasteiger partial charge in [-0.15, -0.1) is 0 Å². The molecule has 0 aliphatic heterocycles. The van der Waals surface area contributed by atoms with Crippen molar-refractivity contribution in [3.63, 3.8) is 0 Å². The van der Waals surface area contributed by atoms with Gasteiger partial charge in [0.25, 0.3) is 0 Å². The van der Waals surface area contributed by atoms with E-state index in [1.165, 1.54) is 38.5 Å². The fourth-order valence-corrected chi connectivity index (χ4v) is 1.74. The van der Waals surface area contributed by atoms with Gasteiger partial charge < -0.3 is 11.9 Å². The summed E-state index contributed by atoms with van der Waals surface area (Å²) in [6.07, 6.45) is 10.0. The molecule has 0 unspecified atom stereocenters. The van der Waals surface area contributed by atoms with Crippen LogP contribution in [0.25, 0.3) is 0 Å². The van der Waals surface area contributed by atoms with Crippen LogP contribution in [0.1, 0.15) is 72.6 Å². The van der Waals surface area contributed by atoms with E-state index in [1.54, 1.807) is 0 Å². The second kappa shape index (κ2) is 15.0. The van der Waals surface area contributed by atoms with Crippen LogP contribution in [0.4, 0.5) is 4.79 Å². The molecule has 18 heavy (non-hydrogen) atoms. The molecule has 5 heteroatoms. The summed E-state index contributed by atoms with van der Waals surface area (Å²) >= 11 is 0. The number of carbonyl (C=O) groups excluding carboxylic acids is 2. The molecule has 0 spiro atoms. The molecule has 0 heterocycles. The number of rotatable bonds is 10. The van der Waals surface area contributed by atoms with E-state index >= 15 is 0 Å². The normalized spacial score (nSPS) is 9.61. The summed E-state index contributed by atoms with van der Waals surface area (Å²) < 4.78 is 4.22. The van der Waals surface area contributed by atoms with E-state index in [9.17, 15) is 9.59 Å². The van der Waals surface area contributed by atoms with E-state index in [0.717, 1.165) is 19.3 Å². The number of unbranched alkanes of at least 4 members (excludes halogenated alkanes) is 8. The molecule has 4 nitrogen and oxygen atoms in total. The van der Waals surface area contributed by atoms with Crippen molar-refractivity contribution in [3.05, 3.63) is 0 Å². The van der Waals surface area contributed by atoms with Gasteiger partial charge in [0.2, 0.25) is 0 Å². The number of nitrogens with two attached hydrogens (primary N) is 1. The minimum Gasteiger partial charge on any atom is -1.00 e. The number of ether oxygens (including phenoxy) is 1. The summed E-state index contributed by atoms with van der Waals surface area (Å²) in [5.41, 5.74) is 4.72. The third-order valence-corrected chi connectivity index (χ3v) is 2.70. The van der Waals surface area contributed by atoms with Crippen molar-refractivity contribution in [2.24, 2.45) is 5.73 Å². The van der Waals surface area contributed by atoms with E-state index in [-0.39, 0.29) is 31.0 Å². The molecule has 0 atom stereocenters. The van der Waals surface area contributed by atoms with Gasteiger partial charge in [0.15, 0.2) is 0 Å². The quantitative estimate of drug-likeness (QED) is 0.273. The molecule has 0 saturated carbocycles. The summed E-state index contributed by atoms with van der Waals surface area (Å²) in [5.74, 6) is -0.513. The zero-order valence-corrected chi connectivity index (χ0v) is 13.9. The fourth-order valence-electron chi connectivity index (χ4n) is 1.74. The molecule has 0 rings (SSSR count). The molecule has 0 radical (unpaired) electrons. The number of hydrogen-bond donors (Lipinski definition) is 1. The van der Waals surface area contributed by atoms with Crippen LogP contribution in [-0.4, -0.2) is 12.1 Å². The number of amides is 1. The van der Waals surface area contributed by atoms with E-state index in [1.807, 2.05) is 0 Å². The van der Waals surface area contributed by atoms with Crippen molar-refractivity contribution < 1.29 is 45.3 Å². The zero-order valence-electron chi connectivity index (χ0n) is 12.9. The minimum absolute atomic E-state index is 0. The van der Waals surface area contributed by atoms with Crippen LogP contribution in [0.5, 0.6) is 0 Å². The second-order valence-electron chi connectivity index (χ2n) is 4.37. The van der Waals surface area contributed by atoms with Crippen molar-refractivity contribution in [1.29, 1.82) is 0 Å². The maximum Gasteiger partial charge on any atom is 1.00 e. The van der Waals surface area contributed by atoms with Gasteiger partial charge in [-0.05, 0) is 6.42 Å². The molecule has 0 saturated heterocycles. The van der Waals surface area contributed by atoms with Gasteiger partial charge in [0.1, 0.15) is 0 Å². The molecule has 0 aromatic carbocycles. The smallest absolute Gasteiger partial charge is 1.00 e. The Balaban J connectivity index is -0.00000128. The number of hydrogen-bond acceptors (Lipinski definition) is 3. The van der Waals surface area contributed by atoms with Gasteiger partial charge in [-0.1, -0.05) is 58.3 Å². The van der Waals surface area contributed by atoms with Gasteiger partial charge in [0, 0.05) is 6.42 Å². The Bertz CT molecular complexity index is 228. The molecule has 0 aliphatic rings. The first-order chi connectivity index (χ1) is 8.16. The SMILES string of the molecule is CCCCCCCCCCCC(=O)OC(N)=O.[H-].[Na+]. The number of carbonyl (C=O) groups is 2. The predicted molar refractivity (Wildman–Crippen MR) is 68.6 cm³/mol. The molecule has 2 N–H and O–H groups in total. The molecule has 0 aliphatic carbocycles. The maximum absolute atomic E-state index is 10.9. The Hall–Kier alpha value is -0.0600. The predicted octanol–water partition coefficient (Wildman–Crippen LogP) is 0.646. The van der Waals surface area contributed by atoms with Crippen molar-refractivity contribution in [3.8, 4) is 0 Å². The molecular formula is C13H26NNaO3. The largest absolute Gasteiger partial charge is 1.00 e. The van der Waals surface area contributed by atoms with E-state index in [2.05, 4.69) is 11.7 Å². The minimum atomic E-state index is -1.01. The topological polar surface area (TPSA) is 69.4 Å². The molecule has 0 aromatic heterocycles. The monoisotopic (exact) mass is 267 g/mol. The van der Waals surface area contributed by atoms with E-state index in [0.29, 0.717) is 6.42 Å². The summed E-state index contributed by atoms with van der Waals surface area (Å²) in [6.45, 7) is 2.21. The average Bonchev–Trinajstić information content (AvgIpc) is 2.26. The summed E-state index contributed by atoms with van der Waals surface area (Å²) in [6, 6.07) is 0. The first kappa shape index (κ1) is 20.3. The van der Waals surface area contributed by atoms with Crippen molar-refractivity contribution >= 4 is 12.1 Å². The summed E-state index contributed by atoms with van der Waals surface area (Å²) in [5, 5.41) is 0. The van der Waals surface area contributed by atoms with Crippen LogP contribution in [0.2, 0.25) is 0 Å². The zero-order chi connectivity index (χ0) is 12.9. The molecule has 0 aromatic rings. The average molecular weight is 267 g/mol. The Morgan fingerprint density at radius 1 is 0.944 bits per heavy atom.